The molecule has 0 saturated carbocycles. The first kappa shape index (κ1) is 17.5. The summed E-state index contributed by atoms with van der Waals surface area (Å²) in [5.41, 5.74) is 0.0221. The first-order chi connectivity index (χ1) is 13.0. The van der Waals surface area contributed by atoms with Crippen molar-refractivity contribution in [2.75, 3.05) is 26.2 Å². The second kappa shape index (κ2) is 7.03. The van der Waals surface area contributed by atoms with Crippen LogP contribution in [0.15, 0.2) is 34.4 Å². The molecule has 0 amide bonds. The summed E-state index contributed by atoms with van der Waals surface area (Å²) in [5.74, 6) is -2.99. The minimum Gasteiger partial charge on any atom is -0.432 e. The van der Waals surface area contributed by atoms with Crippen LogP contribution in [0.1, 0.15) is 33.9 Å². The van der Waals surface area contributed by atoms with Crippen LogP contribution in [-0.4, -0.2) is 47.6 Å². The number of Topliss-reactive ketones (excluding diaryl/α,β-unsaturated/α-hetero) is 1. The molecule has 1 aromatic heterocycles. The van der Waals surface area contributed by atoms with Gasteiger partial charge in [0.15, 0.2) is 5.69 Å². The Morgan fingerprint density at radius 1 is 1.11 bits per heavy atom. The number of carbonyl (C=O) groups is 2. The van der Waals surface area contributed by atoms with E-state index in [1.54, 1.807) is 0 Å². The van der Waals surface area contributed by atoms with Crippen molar-refractivity contribution in [2.24, 2.45) is 0 Å². The molecule has 8 heteroatoms. The van der Waals surface area contributed by atoms with E-state index < -0.39 is 23.2 Å². The molecule has 4 rings (SSSR count). The molecule has 0 atom stereocenters. The number of rotatable bonds is 5. The summed E-state index contributed by atoms with van der Waals surface area (Å²) >= 11 is 0. The molecule has 1 aliphatic carbocycles. The molecule has 6 nitrogen and oxygen atoms in total. The molecule has 1 aliphatic heterocycles. The molecule has 2 aromatic rings. The summed E-state index contributed by atoms with van der Waals surface area (Å²) < 4.78 is 32.1. The minimum absolute atomic E-state index is 0.0195. The van der Waals surface area contributed by atoms with Crippen LogP contribution in [0.4, 0.5) is 8.78 Å². The van der Waals surface area contributed by atoms with E-state index >= 15 is 0 Å². The number of allylic oxidation sites excluding steroid dienone is 2. The SMILES string of the molecule is O=C1C(NCCN2CCCC2)=CC(=O)c2oc(-c3cc(F)cc(F)c3)nc21. The predicted molar refractivity (Wildman–Crippen MR) is 92.3 cm³/mol. The second-order valence-electron chi connectivity index (χ2n) is 6.58. The summed E-state index contributed by atoms with van der Waals surface area (Å²) in [6.07, 6.45) is 3.52. The van der Waals surface area contributed by atoms with Crippen LogP contribution >= 0.6 is 0 Å². The normalized spacial score (nSPS) is 17.2. The maximum Gasteiger partial charge on any atom is 0.231 e. The molecule has 1 saturated heterocycles. The Hall–Kier alpha value is -2.87. The number of halogens is 2. The van der Waals surface area contributed by atoms with Gasteiger partial charge in [0.1, 0.15) is 11.6 Å². The number of aromatic nitrogens is 1. The largest absolute Gasteiger partial charge is 0.432 e. The lowest BCUT2D eigenvalue weighted by Gasteiger charge is -2.17. The number of hydrogen-bond donors (Lipinski definition) is 1. The second-order valence-corrected chi connectivity index (χ2v) is 6.58. The zero-order valence-electron chi connectivity index (χ0n) is 14.4. The number of benzene rings is 1. The molecular weight excluding hydrogens is 356 g/mol. The van der Waals surface area contributed by atoms with E-state index in [0.29, 0.717) is 12.6 Å². The fraction of sp³-hybridized carbons (Fsp3) is 0.316. The van der Waals surface area contributed by atoms with Crippen molar-refractivity contribution in [3.63, 3.8) is 0 Å². The van der Waals surface area contributed by atoms with Crippen LogP contribution in [-0.2, 0) is 0 Å². The van der Waals surface area contributed by atoms with Gasteiger partial charge in [-0.05, 0) is 38.1 Å². The number of fused-ring (bicyclic) bond motifs is 1. The Labute approximate surface area is 153 Å². The molecule has 2 heterocycles. The zero-order valence-corrected chi connectivity index (χ0v) is 14.4. The van der Waals surface area contributed by atoms with Crippen molar-refractivity contribution in [3.05, 3.63) is 53.1 Å². The highest BCUT2D eigenvalue weighted by molar-refractivity contribution is 6.22. The fourth-order valence-corrected chi connectivity index (χ4v) is 3.32. The average molecular weight is 373 g/mol. The van der Waals surface area contributed by atoms with E-state index in [1.165, 1.54) is 18.9 Å². The highest BCUT2D eigenvalue weighted by atomic mass is 19.1. The lowest BCUT2D eigenvalue weighted by Crippen LogP contribution is -2.33. The number of nitrogens with one attached hydrogen (secondary N) is 1. The standard InChI is InChI=1S/C19H17F2N3O3/c20-12-7-11(8-13(21)9-12)19-23-16-17(26)14(10-15(25)18(16)27-19)22-3-6-24-4-1-2-5-24/h7-10,22H,1-6H2. The Bertz CT molecular complexity index is 925. The maximum absolute atomic E-state index is 13.4. The van der Waals surface area contributed by atoms with Gasteiger partial charge in [0.05, 0.1) is 5.70 Å². The number of hydrogen-bond acceptors (Lipinski definition) is 6. The third-order valence-corrected chi connectivity index (χ3v) is 4.64. The van der Waals surface area contributed by atoms with Crippen LogP contribution in [0.5, 0.6) is 0 Å². The third-order valence-electron chi connectivity index (χ3n) is 4.64. The fourth-order valence-electron chi connectivity index (χ4n) is 3.32. The van der Waals surface area contributed by atoms with Gasteiger partial charge >= 0.3 is 0 Å². The summed E-state index contributed by atoms with van der Waals surface area (Å²) in [6.45, 7) is 3.38. The molecule has 0 spiro atoms. The molecule has 0 bridgehead atoms. The number of likely N-dealkylation sites (tertiary alicyclic amines) is 1. The summed E-state index contributed by atoms with van der Waals surface area (Å²) in [4.78, 5) is 31.2. The third kappa shape index (κ3) is 3.52. The number of oxazole rings is 1. The molecule has 27 heavy (non-hydrogen) atoms. The van der Waals surface area contributed by atoms with E-state index in [9.17, 15) is 18.4 Å². The molecule has 140 valence electrons. The maximum atomic E-state index is 13.4. The lowest BCUT2D eigenvalue weighted by molar-refractivity contribution is 0.0960. The van der Waals surface area contributed by atoms with Gasteiger partial charge in [0, 0.05) is 30.8 Å². The molecular formula is C19H17F2N3O3. The molecule has 2 aliphatic rings. The number of ketones is 2. The van der Waals surface area contributed by atoms with Gasteiger partial charge in [-0.2, -0.15) is 0 Å². The first-order valence-corrected chi connectivity index (χ1v) is 8.75. The Morgan fingerprint density at radius 2 is 1.81 bits per heavy atom. The molecule has 0 radical (unpaired) electrons. The number of carbonyl (C=O) groups excluding carboxylic acids is 2. The van der Waals surface area contributed by atoms with Crippen LogP contribution in [0, 0.1) is 11.6 Å². The van der Waals surface area contributed by atoms with Crippen molar-refractivity contribution in [1.82, 2.24) is 15.2 Å². The molecule has 1 aromatic carbocycles. The molecule has 0 unspecified atom stereocenters. The summed E-state index contributed by atoms with van der Waals surface area (Å²) in [6, 6.07) is 2.77. The van der Waals surface area contributed by atoms with E-state index in [2.05, 4.69) is 15.2 Å². The van der Waals surface area contributed by atoms with E-state index in [4.69, 9.17) is 4.42 Å². The van der Waals surface area contributed by atoms with Gasteiger partial charge in [-0.25, -0.2) is 13.8 Å². The van der Waals surface area contributed by atoms with E-state index in [-0.39, 0.29) is 28.6 Å². The van der Waals surface area contributed by atoms with Crippen molar-refractivity contribution >= 4 is 11.6 Å². The predicted octanol–water partition coefficient (Wildman–Crippen LogP) is 2.57. The van der Waals surface area contributed by atoms with Crippen molar-refractivity contribution in [3.8, 4) is 11.5 Å². The molecule has 1 fully saturated rings. The highest BCUT2D eigenvalue weighted by Crippen LogP contribution is 2.27. The van der Waals surface area contributed by atoms with Crippen molar-refractivity contribution in [1.29, 1.82) is 0 Å². The summed E-state index contributed by atoms with van der Waals surface area (Å²) in [5, 5.41) is 2.98. The smallest absolute Gasteiger partial charge is 0.231 e. The quantitative estimate of drug-likeness (QED) is 0.868. The van der Waals surface area contributed by atoms with Gasteiger partial charge in [-0.1, -0.05) is 0 Å². The average Bonchev–Trinajstić information content (AvgIpc) is 3.28. The Balaban J connectivity index is 1.53. The van der Waals surface area contributed by atoms with Gasteiger partial charge < -0.3 is 14.6 Å². The van der Waals surface area contributed by atoms with Crippen molar-refractivity contribution in [2.45, 2.75) is 12.8 Å². The van der Waals surface area contributed by atoms with Crippen LogP contribution in [0.2, 0.25) is 0 Å². The van der Waals surface area contributed by atoms with E-state index in [0.717, 1.165) is 31.8 Å². The van der Waals surface area contributed by atoms with E-state index in [1.807, 2.05) is 0 Å². The van der Waals surface area contributed by atoms with Crippen LogP contribution in [0.3, 0.4) is 0 Å². The highest BCUT2D eigenvalue weighted by Gasteiger charge is 2.32. The lowest BCUT2D eigenvalue weighted by atomic mass is 10.0. The van der Waals surface area contributed by atoms with Gasteiger partial charge in [0.2, 0.25) is 23.2 Å². The Kier molecular flexibility index (Phi) is 4.57. The minimum atomic E-state index is -0.804. The van der Waals surface area contributed by atoms with Crippen LogP contribution < -0.4 is 5.32 Å². The summed E-state index contributed by atoms with van der Waals surface area (Å²) in [7, 11) is 0. The van der Waals surface area contributed by atoms with Gasteiger partial charge in [0.25, 0.3) is 0 Å². The first-order valence-electron chi connectivity index (χ1n) is 8.75. The Morgan fingerprint density at radius 3 is 2.52 bits per heavy atom. The van der Waals surface area contributed by atoms with Crippen LogP contribution in [0.25, 0.3) is 11.5 Å². The zero-order chi connectivity index (χ0) is 19.0. The van der Waals surface area contributed by atoms with Gasteiger partial charge in [-0.15, -0.1) is 0 Å². The van der Waals surface area contributed by atoms with Gasteiger partial charge in [-0.3, -0.25) is 9.59 Å². The number of nitrogens with zero attached hydrogens (tertiary/aromatic N) is 2. The monoisotopic (exact) mass is 373 g/mol. The van der Waals surface area contributed by atoms with Crippen molar-refractivity contribution < 1.29 is 22.8 Å². The topological polar surface area (TPSA) is 75.4 Å². The molecule has 1 N–H and O–H groups in total.